The lowest BCUT2D eigenvalue weighted by molar-refractivity contribution is 0.440. The number of rotatable bonds is 1. The third kappa shape index (κ3) is 1.75. The highest BCUT2D eigenvalue weighted by molar-refractivity contribution is 7.91. The Morgan fingerprint density at radius 2 is 1.73 bits per heavy atom. The summed E-state index contributed by atoms with van der Waals surface area (Å²) in [6.45, 7) is 0. The minimum atomic E-state index is -2.64. The van der Waals surface area contributed by atoms with E-state index in [0.717, 1.165) is 18.8 Å². The molecule has 0 spiro atoms. The number of hydrogen-bond acceptors (Lipinski definition) is 2. The molecule has 11 heavy (non-hydrogen) atoms. The van der Waals surface area contributed by atoms with Crippen molar-refractivity contribution in [2.75, 3.05) is 11.5 Å². The summed E-state index contributed by atoms with van der Waals surface area (Å²) in [5.41, 5.74) is 0. The zero-order valence-electron chi connectivity index (χ0n) is 6.62. The van der Waals surface area contributed by atoms with Crippen molar-refractivity contribution in [2.45, 2.75) is 25.7 Å². The smallest absolute Gasteiger partial charge is 0.150 e. The van der Waals surface area contributed by atoms with Gasteiger partial charge in [-0.05, 0) is 37.5 Å². The van der Waals surface area contributed by atoms with Crippen molar-refractivity contribution >= 4 is 9.84 Å². The van der Waals surface area contributed by atoms with Gasteiger partial charge in [-0.1, -0.05) is 0 Å². The number of hydrogen-bond donors (Lipinski definition) is 0. The molecule has 2 fully saturated rings. The molecule has 0 aromatic carbocycles. The summed E-state index contributed by atoms with van der Waals surface area (Å²) in [5, 5.41) is 0. The average Bonchev–Trinajstić information content (AvgIpc) is 2.65. The van der Waals surface area contributed by atoms with Crippen LogP contribution < -0.4 is 0 Å². The van der Waals surface area contributed by atoms with Crippen LogP contribution in [-0.4, -0.2) is 19.9 Å². The monoisotopic (exact) mass is 174 g/mol. The van der Waals surface area contributed by atoms with Crippen molar-refractivity contribution in [3.63, 3.8) is 0 Å². The molecule has 1 saturated carbocycles. The van der Waals surface area contributed by atoms with E-state index in [1.54, 1.807) is 0 Å². The first-order valence-electron chi connectivity index (χ1n) is 4.38. The Morgan fingerprint density at radius 3 is 2.27 bits per heavy atom. The second kappa shape index (κ2) is 2.47. The van der Waals surface area contributed by atoms with E-state index in [-0.39, 0.29) is 0 Å². The van der Waals surface area contributed by atoms with Crippen LogP contribution in [0, 0.1) is 11.8 Å². The third-order valence-electron chi connectivity index (χ3n) is 2.79. The molecule has 1 heterocycles. The highest BCUT2D eigenvalue weighted by Crippen LogP contribution is 2.41. The van der Waals surface area contributed by atoms with Gasteiger partial charge in [0.05, 0.1) is 11.5 Å². The molecule has 1 aliphatic heterocycles. The Hall–Kier alpha value is -0.0500. The SMILES string of the molecule is O=S1(=O)CCCC(C2CC2)C1. The number of sulfone groups is 1. The van der Waals surface area contributed by atoms with E-state index in [2.05, 4.69) is 0 Å². The maximum absolute atomic E-state index is 11.2. The van der Waals surface area contributed by atoms with Crippen LogP contribution in [-0.2, 0) is 9.84 Å². The van der Waals surface area contributed by atoms with Gasteiger partial charge in [0.25, 0.3) is 0 Å². The van der Waals surface area contributed by atoms with Gasteiger partial charge < -0.3 is 0 Å². The summed E-state index contributed by atoms with van der Waals surface area (Å²) in [5.74, 6) is 2.22. The van der Waals surface area contributed by atoms with E-state index in [0.29, 0.717) is 17.4 Å². The van der Waals surface area contributed by atoms with Gasteiger partial charge in [0.2, 0.25) is 0 Å². The highest BCUT2D eigenvalue weighted by Gasteiger charge is 2.36. The van der Waals surface area contributed by atoms with Crippen molar-refractivity contribution < 1.29 is 8.42 Å². The fourth-order valence-electron chi connectivity index (χ4n) is 2.00. The Balaban J connectivity index is 2.03. The zero-order chi connectivity index (χ0) is 7.90. The van der Waals surface area contributed by atoms with E-state index < -0.39 is 9.84 Å². The van der Waals surface area contributed by atoms with Gasteiger partial charge >= 0.3 is 0 Å². The molecule has 1 atom stereocenters. The van der Waals surface area contributed by atoms with Crippen molar-refractivity contribution in [1.29, 1.82) is 0 Å². The minimum absolute atomic E-state index is 0.441. The predicted molar refractivity (Wildman–Crippen MR) is 44.1 cm³/mol. The summed E-state index contributed by atoms with van der Waals surface area (Å²) in [7, 11) is -2.64. The first-order chi connectivity index (χ1) is 5.17. The molecule has 2 aliphatic rings. The van der Waals surface area contributed by atoms with Crippen LogP contribution in [0.2, 0.25) is 0 Å². The summed E-state index contributed by atoms with van der Waals surface area (Å²) in [6, 6.07) is 0. The molecule has 0 radical (unpaired) electrons. The summed E-state index contributed by atoms with van der Waals surface area (Å²) >= 11 is 0. The second-order valence-corrected chi connectivity index (χ2v) is 6.08. The molecule has 1 unspecified atom stereocenters. The highest BCUT2D eigenvalue weighted by atomic mass is 32.2. The van der Waals surface area contributed by atoms with Crippen molar-refractivity contribution in [3.05, 3.63) is 0 Å². The van der Waals surface area contributed by atoms with E-state index in [1.165, 1.54) is 12.8 Å². The summed E-state index contributed by atoms with van der Waals surface area (Å²) in [4.78, 5) is 0. The van der Waals surface area contributed by atoms with E-state index >= 15 is 0 Å². The standard InChI is InChI=1S/C8H14O2S/c9-11(10)5-1-2-8(6-11)7-3-4-7/h7-8H,1-6H2. The minimum Gasteiger partial charge on any atom is -0.229 e. The maximum atomic E-state index is 11.2. The van der Waals surface area contributed by atoms with Gasteiger partial charge in [0.15, 0.2) is 9.84 Å². The summed E-state index contributed by atoms with van der Waals surface area (Å²) < 4.78 is 22.4. The molecule has 2 rings (SSSR count). The van der Waals surface area contributed by atoms with Crippen LogP contribution in [0.5, 0.6) is 0 Å². The molecule has 0 amide bonds. The molecule has 1 saturated heterocycles. The largest absolute Gasteiger partial charge is 0.229 e. The quantitative estimate of drug-likeness (QED) is 0.599. The van der Waals surface area contributed by atoms with Gasteiger partial charge in [0, 0.05) is 0 Å². The fourth-order valence-corrected chi connectivity index (χ4v) is 3.86. The van der Waals surface area contributed by atoms with Crippen LogP contribution in [0.3, 0.4) is 0 Å². The third-order valence-corrected chi connectivity index (χ3v) is 4.63. The van der Waals surface area contributed by atoms with Crippen LogP contribution in [0.15, 0.2) is 0 Å². The van der Waals surface area contributed by atoms with E-state index in [4.69, 9.17) is 0 Å². The molecule has 64 valence electrons. The first-order valence-corrected chi connectivity index (χ1v) is 6.20. The zero-order valence-corrected chi connectivity index (χ0v) is 7.44. The first kappa shape index (κ1) is 7.59. The lowest BCUT2D eigenvalue weighted by atomic mass is 10.0. The van der Waals surface area contributed by atoms with E-state index in [9.17, 15) is 8.42 Å². The van der Waals surface area contributed by atoms with Crippen LogP contribution in [0.25, 0.3) is 0 Å². The van der Waals surface area contributed by atoms with Crippen LogP contribution in [0.1, 0.15) is 25.7 Å². The second-order valence-electron chi connectivity index (χ2n) is 3.85. The van der Waals surface area contributed by atoms with Crippen molar-refractivity contribution in [3.8, 4) is 0 Å². The molecule has 1 aliphatic carbocycles. The Bertz CT molecular complexity index is 239. The van der Waals surface area contributed by atoms with Crippen LogP contribution >= 0.6 is 0 Å². The van der Waals surface area contributed by atoms with Crippen molar-refractivity contribution in [1.82, 2.24) is 0 Å². The molecule has 0 bridgehead atoms. The lowest BCUT2D eigenvalue weighted by Crippen LogP contribution is -2.26. The van der Waals surface area contributed by atoms with Crippen LogP contribution in [0.4, 0.5) is 0 Å². The normalized spacial score (nSPS) is 36.9. The van der Waals surface area contributed by atoms with Gasteiger partial charge in [0.1, 0.15) is 0 Å². The molecular formula is C8H14O2S. The summed E-state index contributed by atoms with van der Waals surface area (Å²) in [6.07, 6.45) is 4.62. The Morgan fingerprint density at radius 1 is 1.00 bits per heavy atom. The van der Waals surface area contributed by atoms with Gasteiger partial charge in [-0.25, -0.2) is 8.42 Å². The fraction of sp³-hybridized carbons (Fsp3) is 1.00. The average molecular weight is 174 g/mol. The van der Waals surface area contributed by atoms with Crippen molar-refractivity contribution in [2.24, 2.45) is 11.8 Å². The lowest BCUT2D eigenvalue weighted by Gasteiger charge is -2.20. The van der Waals surface area contributed by atoms with Gasteiger partial charge in [-0.3, -0.25) is 0 Å². The molecule has 0 aromatic heterocycles. The molecule has 0 aromatic rings. The molecule has 0 N–H and O–H groups in total. The molecule has 2 nitrogen and oxygen atoms in total. The topological polar surface area (TPSA) is 34.1 Å². The predicted octanol–water partition coefficient (Wildman–Crippen LogP) is 1.22. The maximum Gasteiger partial charge on any atom is 0.150 e. The Labute approximate surface area is 67.9 Å². The Kier molecular flexibility index (Phi) is 1.71. The van der Waals surface area contributed by atoms with E-state index in [1.807, 2.05) is 0 Å². The van der Waals surface area contributed by atoms with Gasteiger partial charge in [-0.2, -0.15) is 0 Å². The molecule has 3 heteroatoms. The molecular weight excluding hydrogens is 160 g/mol. The van der Waals surface area contributed by atoms with Gasteiger partial charge in [-0.15, -0.1) is 0 Å².